The zero-order valence-corrected chi connectivity index (χ0v) is 11.3. The molecule has 2 N–H and O–H groups in total. The summed E-state index contributed by atoms with van der Waals surface area (Å²) in [6, 6.07) is 4.04. The van der Waals surface area contributed by atoms with Gasteiger partial charge in [-0.05, 0) is 24.6 Å². The topological polar surface area (TPSA) is 62.2 Å². The Hall–Kier alpha value is -1.75. The maximum absolute atomic E-state index is 13.6. The van der Waals surface area contributed by atoms with Crippen molar-refractivity contribution in [2.45, 2.75) is 24.4 Å². The van der Waals surface area contributed by atoms with Crippen molar-refractivity contribution < 1.29 is 17.6 Å². The van der Waals surface area contributed by atoms with Crippen molar-refractivity contribution in [3.05, 3.63) is 23.5 Å². The van der Waals surface area contributed by atoms with Crippen molar-refractivity contribution in [1.82, 2.24) is 0 Å². The summed E-state index contributed by atoms with van der Waals surface area (Å²) in [5.74, 6) is -1.86. The van der Waals surface area contributed by atoms with Gasteiger partial charge in [-0.3, -0.25) is 0 Å². The molecule has 0 fully saturated rings. The zero-order valence-electron chi connectivity index (χ0n) is 10.5. The second kappa shape index (κ2) is 6.61. The SMILES string of the molecule is Cc1cc(F)c(N=C(N)CC#N)cc1SCC(F)(F)F. The van der Waals surface area contributed by atoms with E-state index < -0.39 is 17.7 Å². The van der Waals surface area contributed by atoms with Crippen LogP contribution in [0.15, 0.2) is 22.0 Å². The lowest BCUT2D eigenvalue weighted by Gasteiger charge is -2.10. The molecule has 0 aliphatic rings. The number of thioether (sulfide) groups is 1. The standard InChI is InChI=1S/C12H11F4N3S/c1-7-4-8(13)9(19-11(18)2-3-17)5-10(7)20-6-12(14,15)16/h4-5H,2,6H2,1H3,(H2,18,19). The summed E-state index contributed by atoms with van der Waals surface area (Å²) >= 11 is 0.551. The summed E-state index contributed by atoms with van der Waals surface area (Å²) in [5.41, 5.74) is 5.60. The fraction of sp³-hybridized carbons (Fsp3) is 0.333. The number of aliphatic imine (C=N–C) groups is 1. The molecule has 0 radical (unpaired) electrons. The van der Waals surface area contributed by atoms with Crippen LogP contribution in [0.25, 0.3) is 0 Å². The molecule has 0 aliphatic carbocycles. The van der Waals surface area contributed by atoms with Crippen LogP contribution < -0.4 is 5.73 Å². The van der Waals surface area contributed by atoms with E-state index in [-0.39, 0.29) is 22.8 Å². The van der Waals surface area contributed by atoms with Crippen molar-refractivity contribution in [2.75, 3.05) is 5.75 Å². The third kappa shape index (κ3) is 5.09. The predicted octanol–water partition coefficient (Wildman–Crippen LogP) is 3.69. The molecule has 0 spiro atoms. The molecule has 3 nitrogen and oxygen atoms in total. The molecular weight excluding hydrogens is 294 g/mol. The summed E-state index contributed by atoms with van der Waals surface area (Å²) in [5, 5.41) is 8.42. The Labute approximate surface area is 117 Å². The molecule has 1 aromatic rings. The smallest absolute Gasteiger partial charge is 0.386 e. The van der Waals surface area contributed by atoms with Gasteiger partial charge < -0.3 is 5.73 Å². The molecule has 0 unspecified atom stereocenters. The van der Waals surface area contributed by atoms with Crippen LogP contribution in [0, 0.1) is 24.1 Å². The largest absolute Gasteiger partial charge is 0.398 e. The van der Waals surface area contributed by atoms with Gasteiger partial charge >= 0.3 is 6.18 Å². The Kier molecular flexibility index (Phi) is 5.39. The van der Waals surface area contributed by atoms with Gasteiger partial charge in [-0.1, -0.05) is 0 Å². The van der Waals surface area contributed by atoms with Gasteiger partial charge in [0.05, 0.1) is 18.2 Å². The molecule has 0 saturated heterocycles. The molecule has 0 atom stereocenters. The molecule has 0 saturated carbocycles. The average molecular weight is 305 g/mol. The molecule has 0 aliphatic heterocycles. The van der Waals surface area contributed by atoms with E-state index in [1.54, 1.807) is 6.07 Å². The van der Waals surface area contributed by atoms with Gasteiger partial charge in [0.15, 0.2) is 0 Å². The highest BCUT2D eigenvalue weighted by Gasteiger charge is 2.27. The monoisotopic (exact) mass is 305 g/mol. The summed E-state index contributed by atoms with van der Waals surface area (Å²) in [6.45, 7) is 1.51. The Morgan fingerprint density at radius 1 is 1.45 bits per heavy atom. The first-order valence-corrected chi connectivity index (χ1v) is 6.41. The minimum absolute atomic E-state index is 0.0953. The molecule has 0 aromatic heterocycles. The Morgan fingerprint density at radius 2 is 2.10 bits per heavy atom. The van der Waals surface area contributed by atoms with E-state index in [9.17, 15) is 17.6 Å². The summed E-state index contributed by atoms with van der Waals surface area (Å²) in [6.07, 6.45) is -4.49. The van der Waals surface area contributed by atoms with Gasteiger partial charge in [-0.15, -0.1) is 11.8 Å². The van der Waals surface area contributed by atoms with Crippen LogP contribution in [0.2, 0.25) is 0 Å². The van der Waals surface area contributed by atoms with E-state index in [0.29, 0.717) is 17.3 Å². The lowest BCUT2D eigenvalue weighted by atomic mass is 10.2. The zero-order chi connectivity index (χ0) is 15.3. The highest BCUT2D eigenvalue weighted by molar-refractivity contribution is 7.99. The van der Waals surface area contributed by atoms with Gasteiger partial charge in [0.25, 0.3) is 0 Å². The number of nitriles is 1. The highest BCUT2D eigenvalue weighted by Crippen LogP contribution is 2.33. The van der Waals surface area contributed by atoms with Crippen molar-refractivity contribution in [3.63, 3.8) is 0 Å². The molecule has 108 valence electrons. The van der Waals surface area contributed by atoms with Crippen LogP contribution in [0.5, 0.6) is 0 Å². The Morgan fingerprint density at radius 3 is 2.65 bits per heavy atom. The number of halogens is 4. The maximum atomic E-state index is 13.6. The predicted molar refractivity (Wildman–Crippen MR) is 69.4 cm³/mol. The number of benzene rings is 1. The number of nitrogens with two attached hydrogens (primary N) is 1. The van der Waals surface area contributed by atoms with Gasteiger partial charge in [0, 0.05) is 4.90 Å². The number of rotatable bonds is 4. The normalized spacial score (nSPS) is 12.3. The van der Waals surface area contributed by atoms with Crippen molar-refractivity contribution in [3.8, 4) is 6.07 Å². The third-order valence-corrected chi connectivity index (χ3v) is 3.38. The summed E-state index contributed by atoms with van der Waals surface area (Å²) < 4.78 is 50.2. The maximum Gasteiger partial charge on any atom is 0.398 e. The average Bonchev–Trinajstić information content (AvgIpc) is 2.30. The fourth-order valence-electron chi connectivity index (χ4n) is 1.32. The highest BCUT2D eigenvalue weighted by atomic mass is 32.2. The second-order valence-electron chi connectivity index (χ2n) is 3.91. The number of hydrogen-bond donors (Lipinski definition) is 1. The van der Waals surface area contributed by atoms with Crippen molar-refractivity contribution in [1.29, 1.82) is 5.26 Å². The molecule has 0 amide bonds. The molecular formula is C12H11F4N3S. The van der Waals surface area contributed by atoms with E-state index in [4.69, 9.17) is 11.0 Å². The van der Waals surface area contributed by atoms with Crippen LogP contribution >= 0.6 is 11.8 Å². The molecule has 0 heterocycles. The van der Waals surface area contributed by atoms with Gasteiger partial charge in [-0.25, -0.2) is 9.38 Å². The van der Waals surface area contributed by atoms with Crippen LogP contribution in [-0.4, -0.2) is 17.8 Å². The summed E-state index contributed by atoms with van der Waals surface area (Å²) in [4.78, 5) is 3.97. The first-order valence-electron chi connectivity index (χ1n) is 5.42. The molecule has 1 aromatic carbocycles. The van der Waals surface area contributed by atoms with Crippen molar-refractivity contribution in [2.24, 2.45) is 10.7 Å². The van der Waals surface area contributed by atoms with Gasteiger partial charge in [0.2, 0.25) is 0 Å². The fourth-order valence-corrected chi connectivity index (χ4v) is 2.12. The number of aryl methyl sites for hydroxylation is 1. The van der Waals surface area contributed by atoms with Crippen LogP contribution in [-0.2, 0) is 0 Å². The molecule has 1 rings (SSSR count). The Bertz CT molecular complexity index is 561. The number of hydrogen-bond acceptors (Lipinski definition) is 3. The lowest BCUT2D eigenvalue weighted by Crippen LogP contribution is -2.11. The Balaban J connectivity index is 3.04. The minimum Gasteiger partial charge on any atom is -0.386 e. The first-order chi connectivity index (χ1) is 9.23. The number of alkyl halides is 3. The van der Waals surface area contributed by atoms with E-state index in [2.05, 4.69) is 4.99 Å². The van der Waals surface area contributed by atoms with Gasteiger partial charge in [-0.2, -0.15) is 18.4 Å². The molecule has 20 heavy (non-hydrogen) atoms. The van der Waals surface area contributed by atoms with Crippen molar-refractivity contribution >= 4 is 23.3 Å². The number of amidine groups is 1. The molecule has 8 heteroatoms. The van der Waals surface area contributed by atoms with Crippen LogP contribution in [0.3, 0.4) is 0 Å². The quantitative estimate of drug-likeness (QED) is 0.399. The van der Waals surface area contributed by atoms with E-state index in [0.717, 1.165) is 6.07 Å². The number of nitrogens with zero attached hydrogens (tertiary/aromatic N) is 2. The minimum atomic E-state index is -4.31. The van der Waals surface area contributed by atoms with E-state index in [1.165, 1.54) is 13.0 Å². The third-order valence-electron chi connectivity index (χ3n) is 2.16. The van der Waals surface area contributed by atoms with Gasteiger partial charge in [0.1, 0.15) is 17.3 Å². The van der Waals surface area contributed by atoms with Crippen LogP contribution in [0.4, 0.5) is 23.2 Å². The molecule has 0 bridgehead atoms. The first kappa shape index (κ1) is 16.3. The van der Waals surface area contributed by atoms with E-state index in [1.807, 2.05) is 0 Å². The second-order valence-corrected chi connectivity index (χ2v) is 4.93. The summed E-state index contributed by atoms with van der Waals surface area (Å²) in [7, 11) is 0. The van der Waals surface area contributed by atoms with Crippen LogP contribution in [0.1, 0.15) is 12.0 Å². The lowest BCUT2D eigenvalue weighted by molar-refractivity contribution is -0.105. The van der Waals surface area contributed by atoms with E-state index >= 15 is 0 Å².